The lowest BCUT2D eigenvalue weighted by Crippen LogP contribution is -2.14. The van der Waals surface area contributed by atoms with Crippen LogP contribution in [0.25, 0.3) is 87.6 Å². The van der Waals surface area contributed by atoms with Crippen LogP contribution in [-0.2, 0) is 5.41 Å². The molecular weight excluding hydrogens is 565 g/mol. The van der Waals surface area contributed by atoms with Gasteiger partial charge in [-0.15, -0.1) is 0 Å². The van der Waals surface area contributed by atoms with Crippen molar-refractivity contribution in [3.05, 3.63) is 169 Å². The van der Waals surface area contributed by atoms with Gasteiger partial charge in [0.05, 0.1) is 0 Å². The van der Waals surface area contributed by atoms with Gasteiger partial charge in [-0.25, -0.2) is 0 Å². The summed E-state index contributed by atoms with van der Waals surface area (Å²) in [7, 11) is 0. The Hall–Kier alpha value is -5.72. The van der Waals surface area contributed by atoms with Gasteiger partial charge in [-0.3, -0.25) is 0 Å². The van der Waals surface area contributed by atoms with E-state index in [0.29, 0.717) is 0 Å². The topological polar surface area (TPSA) is 0 Å². The molecule has 1 aliphatic rings. The Labute approximate surface area is 274 Å². The van der Waals surface area contributed by atoms with Gasteiger partial charge in [-0.1, -0.05) is 153 Å². The molecule has 0 atom stereocenters. The van der Waals surface area contributed by atoms with Gasteiger partial charge in [-0.2, -0.15) is 0 Å². The number of hydrogen-bond donors (Lipinski definition) is 0. The first-order valence-electron chi connectivity index (χ1n) is 16.6. The summed E-state index contributed by atoms with van der Waals surface area (Å²) in [6.07, 6.45) is 0. The maximum absolute atomic E-state index is 2.43. The molecule has 0 bridgehead atoms. The average Bonchev–Trinajstić information content (AvgIpc) is 3.36. The van der Waals surface area contributed by atoms with E-state index in [-0.39, 0.29) is 5.41 Å². The molecule has 220 valence electrons. The van der Waals surface area contributed by atoms with E-state index in [1.54, 1.807) is 0 Å². The van der Waals surface area contributed by atoms with E-state index < -0.39 is 0 Å². The highest BCUT2D eigenvalue weighted by Crippen LogP contribution is 2.50. The Morgan fingerprint density at radius 3 is 1.68 bits per heavy atom. The Kier molecular flexibility index (Phi) is 5.44. The molecule has 0 amide bonds. The Balaban J connectivity index is 1.15. The van der Waals surface area contributed by atoms with Crippen LogP contribution in [0.3, 0.4) is 0 Å². The lowest BCUT2D eigenvalue weighted by atomic mass is 9.81. The van der Waals surface area contributed by atoms with Crippen molar-refractivity contribution in [2.24, 2.45) is 0 Å². The molecule has 0 unspecified atom stereocenters. The first-order chi connectivity index (χ1) is 23.0. The summed E-state index contributed by atoms with van der Waals surface area (Å²) in [6.45, 7) is 4.71. The van der Waals surface area contributed by atoms with Gasteiger partial charge in [0.25, 0.3) is 0 Å². The predicted molar refractivity (Wildman–Crippen MR) is 202 cm³/mol. The maximum Gasteiger partial charge on any atom is 0.0159 e. The number of rotatable bonds is 3. The van der Waals surface area contributed by atoms with Gasteiger partial charge < -0.3 is 0 Å². The number of benzene rings is 9. The van der Waals surface area contributed by atoms with Crippen LogP contribution < -0.4 is 0 Å². The van der Waals surface area contributed by atoms with Crippen molar-refractivity contribution in [1.29, 1.82) is 0 Å². The van der Waals surface area contributed by atoms with Gasteiger partial charge >= 0.3 is 0 Å². The first kappa shape index (κ1) is 26.5. The smallest absolute Gasteiger partial charge is 0.0159 e. The van der Waals surface area contributed by atoms with Crippen LogP contribution in [0, 0.1) is 0 Å². The molecule has 0 saturated heterocycles. The molecule has 0 aromatic heterocycles. The van der Waals surface area contributed by atoms with Gasteiger partial charge in [0.1, 0.15) is 0 Å². The summed E-state index contributed by atoms with van der Waals surface area (Å²) >= 11 is 0. The van der Waals surface area contributed by atoms with Crippen LogP contribution in [0.15, 0.2) is 158 Å². The molecule has 0 heterocycles. The maximum atomic E-state index is 2.43. The van der Waals surface area contributed by atoms with E-state index in [1.807, 2.05) is 0 Å². The summed E-state index contributed by atoms with van der Waals surface area (Å²) < 4.78 is 0. The molecule has 1 aliphatic carbocycles. The SMILES string of the molecule is CC1(C)c2ccccc2-c2ccc(-c3ccc(-c4cc(-c5ccc6ccccc6c5)c5ccc6cccc7ccc4c5c76)cc3)cc21. The normalized spacial score (nSPS) is 13.5. The third-order valence-electron chi connectivity index (χ3n) is 10.8. The summed E-state index contributed by atoms with van der Waals surface area (Å²) in [4.78, 5) is 0. The van der Waals surface area contributed by atoms with E-state index in [9.17, 15) is 0 Å². The van der Waals surface area contributed by atoms with E-state index in [0.717, 1.165) is 0 Å². The van der Waals surface area contributed by atoms with Crippen LogP contribution in [0.5, 0.6) is 0 Å². The van der Waals surface area contributed by atoms with Gasteiger partial charge in [0.15, 0.2) is 0 Å². The molecule has 0 aliphatic heterocycles. The zero-order chi connectivity index (χ0) is 31.3. The zero-order valence-corrected chi connectivity index (χ0v) is 26.5. The number of hydrogen-bond acceptors (Lipinski definition) is 0. The molecule has 0 fully saturated rings. The van der Waals surface area contributed by atoms with Crippen LogP contribution in [-0.4, -0.2) is 0 Å². The van der Waals surface area contributed by atoms with Crippen LogP contribution in [0.1, 0.15) is 25.0 Å². The van der Waals surface area contributed by atoms with Crippen molar-refractivity contribution in [2.45, 2.75) is 19.3 Å². The lowest BCUT2D eigenvalue weighted by Gasteiger charge is -2.22. The highest BCUT2D eigenvalue weighted by molar-refractivity contribution is 6.28. The molecule has 0 saturated carbocycles. The van der Waals surface area contributed by atoms with Gasteiger partial charge in [0.2, 0.25) is 0 Å². The summed E-state index contributed by atoms with van der Waals surface area (Å²) in [5.74, 6) is 0. The monoisotopic (exact) mass is 596 g/mol. The molecule has 0 nitrogen and oxygen atoms in total. The van der Waals surface area contributed by atoms with E-state index in [1.165, 1.54) is 98.7 Å². The first-order valence-corrected chi connectivity index (χ1v) is 16.6. The Morgan fingerprint density at radius 2 is 0.894 bits per heavy atom. The van der Waals surface area contributed by atoms with Crippen LogP contribution in [0.2, 0.25) is 0 Å². The minimum atomic E-state index is -0.0111. The van der Waals surface area contributed by atoms with Crippen LogP contribution >= 0.6 is 0 Å². The standard InChI is InChI=1S/C47H32/c1-47(2)43-13-6-5-12-37(43)38-23-22-35(27-44(38)47)30-14-17-31(18-15-30)41-28-42(36-19-16-29-8-3-4-9-34(29)26-36)40-25-21-33-11-7-10-32-20-24-39(41)46(40)45(32)33/h3-28H,1-2H3. The summed E-state index contributed by atoms with van der Waals surface area (Å²) in [5, 5.41) is 10.4. The molecule has 0 heteroatoms. The molecular formula is C47H32. The molecule has 9 aromatic rings. The van der Waals surface area contributed by atoms with Crippen molar-refractivity contribution in [3.8, 4) is 44.5 Å². The molecule has 0 spiro atoms. The summed E-state index contributed by atoms with van der Waals surface area (Å²) in [6, 6.07) is 59.0. The molecule has 0 radical (unpaired) electrons. The second kappa shape index (κ2) is 9.64. The third-order valence-corrected chi connectivity index (χ3v) is 10.8. The zero-order valence-electron chi connectivity index (χ0n) is 26.5. The predicted octanol–water partition coefficient (Wildman–Crippen LogP) is 13.0. The van der Waals surface area contributed by atoms with Crippen molar-refractivity contribution >= 4 is 43.1 Å². The lowest BCUT2D eigenvalue weighted by molar-refractivity contribution is 0.660. The average molecular weight is 597 g/mol. The van der Waals surface area contributed by atoms with E-state index in [4.69, 9.17) is 0 Å². The number of fused-ring (bicyclic) bond motifs is 4. The Bertz CT molecular complexity index is 2670. The van der Waals surface area contributed by atoms with E-state index in [2.05, 4.69) is 172 Å². The molecule has 0 N–H and O–H groups in total. The van der Waals surface area contributed by atoms with Crippen molar-refractivity contribution in [2.75, 3.05) is 0 Å². The highest BCUT2D eigenvalue weighted by atomic mass is 14.4. The van der Waals surface area contributed by atoms with Gasteiger partial charge in [0, 0.05) is 5.41 Å². The highest BCUT2D eigenvalue weighted by Gasteiger charge is 2.35. The third kappa shape index (κ3) is 3.82. The van der Waals surface area contributed by atoms with Crippen molar-refractivity contribution in [3.63, 3.8) is 0 Å². The molecule has 10 rings (SSSR count). The van der Waals surface area contributed by atoms with Crippen LogP contribution in [0.4, 0.5) is 0 Å². The largest absolute Gasteiger partial charge is 0.0619 e. The van der Waals surface area contributed by atoms with E-state index >= 15 is 0 Å². The minimum absolute atomic E-state index is 0.0111. The minimum Gasteiger partial charge on any atom is -0.0619 e. The fourth-order valence-electron chi connectivity index (χ4n) is 8.39. The van der Waals surface area contributed by atoms with Gasteiger partial charge in [-0.05, 0) is 117 Å². The fourth-order valence-corrected chi connectivity index (χ4v) is 8.39. The fraction of sp³-hybridized carbons (Fsp3) is 0.0638. The Morgan fingerprint density at radius 1 is 0.319 bits per heavy atom. The molecule has 47 heavy (non-hydrogen) atoms. The molecule has 9 aromatic carbocycles. The van der Waals surface area contributed by atoms with Crippen molar-refractivity contribution < 1.29 is 0 Å². The quantitative estimate of drug-likeness (QED) is 0.178. The second-order valence-electron chi connectivity index (χ2n) is 13.7. The summed E-state index contributed by atoms with van der Waals surface area (Å²) in [5.41, 5.74) is 13.1. The second-order valence-corrected chi connectivity index (χ2v) is 13.7. The van der Waals surface area contributed by atoms with Crippen molar-refractivity contribution in [1.82, 2.24) is 0 Å².